The average molecular weight is 341 g/mol. The average Bonchev–Trinajstić information content (AvgIpc) is 3.07. The number of hydrogen-bond acceptors (Lipinski definition) is 4. The fraction of sp³-hybridized carbons (Fsp3) is 0.706. The summed E-state index contributed by atoms with van der Waals surface area (Å²) in [6, 6.07) is 4.48. The van der Waals surface area contributed by atoms with Gasteiger partial charge >= 0.3 is 0 Å². The minimum absolute atomic E-state index is 0.337. The molecular weight excluding hydrogens is 308 g/mol. The van der Waals surface area contributed by atoms with Crippen molar-refractivity contribution in [2.24, 2.45) is 4.99 Å². The van der Waals surface area contributed by atoms with Gasteiger partial charge in [0.15, 0.2) is 5.96 Å². The van der Waals surface area contributed by atoms with Gasteiger partial charge in [0.05, 0.1) is 6.54 Å². The van der Waals surface area contributed by atoms with Crippen LogP contribution in [0.4, 0.5) is 0 Å². The van der Waals surface area contributed by atoms with E-state index in [1.807, 2.05) is 31.4 Å². The SMILES string of the molecule is CCNC(=NCC(C)(O)c1cccs1)NCCN(C)C(C)CC. The minimum Gasteiger partial charge on any atom is -0.383 e. The third kappa shape index (κ3) is 6.89. The first kappa shape index (κ1) is 19.9. The van der Waals surface area contributed by atoms with E-state index in [-0.39, 0.29) is 0 Å². The van der Waals surface area contributed by atoms with Gasteiger partial charge in [-0.1, -0.05) is 13.0 Å². The van der Waals surface area contributed by atoms with Crippen molar-refractivity contribution in [3.63, 3.8) is 0 Å². The molecule has 6 heteroatoms. The van der Waals surface area contributed by atoms with E-state index in [9.17, 15) is 5.11 Å². The van der Waals surface area contributed by atoms with Crippen LogP contribution in [0.2, 0.25) is 0 Å². The highest BCUT2D eigenvalue weighted by Crippen LogP contribution is 2.25. The number of rotatable bonds is 9. The summed E-state index contributed by atoms with van der Waals surface area (Å²) in [5.74, 6) is 0.752. The zero-order valence-corrected chi connectivity index (χ0v) is 15.9. The van der Waals surface area contributed by atoms with E-state index in [1.54, 1.807) is 11.3 Å². The summed E-state index contributed by atoms with van der Waals surface area (Å²) in [5, 5.41) is 19.1. The van der Waals surface area contributed by atoms with Crippen molar-refractivity contribution < 1.29 is 5.11 Å². The van der Waals surface area contributed by atoms with Gasteiger partial charge in [0, 0.05) is 30.6 Å². The molecule has 0 bridgehead atoms. The van der Waals surface area contributed by atoms with Gasteiger partial charge in [-0.25, -0.2) is 4.99 Å². The lowest BCUT2D eigenvalue weighted by molar-refractivity contribution is 0.0711. The third-order valence-corrected chi connectivity index (χ3v) is 5.16. The Hall–Kier alpha value is -1.11. The molecule has 0 saturated heterocycles. The van der Waals surface area contributed by atoms with E-state index in [1.165, 1.54) is 0 Å². The van der Waals surface area contributed by atoms with Gasteiger partial charge in [-0.15, -0.1) is 11.3 Å². The van der Waals surface area contributed by atoms with Crippen LogP contribution in [0.5, 0.6) is 0 Å². The molecule has 0 aliphatic heterocycles. The van der Waals surface area contributed by atoms with Crippen LogP contribution < -0.4 is 10.6 Å². The van der Waals surface area contributed by atoms with Crippen molar-refractivity contribution in [3.8, 4) is 0 Å². The maximum Gasteiger partial charge on any atom is 0.191 e. The van der Waals surface area contributed by atoms with Crippen LogP contribution in [-0.4, -0.2) is 55.2 Å². The number of nitrogens with zero attached hydrogens (tertiary/aromatic N) is 2. The van der Waals surface area contributed by atoms with E-state index in [0.717, 1.165) is 36.9 Å². The molecule has 0 spiro atoms. The number of likely N-dealkylation sites (N-methyl/N-ethyl adjacent to an activating group) is 1. The fourth-order valence-corrected chi connectivity index (χ4v) is 2.90. The molecule has 2 atom stereocenters. The van der Waals surface area contributed by atoms with Gasteiger partial charge in [0.2, 0.25) is 0 Å². The van der Waals surface area contributed by atoms with Crippen LogP contribution in [0, 0.1) is 0 Å². The van der Waals surface area contributed by atoms with Gasteiger partial charge in [0.1, 0.15) is 5.60 Å². The summed E-state index contributed by atoms with van der Waals surface area (Å²) in [5.41, 5.74) is -0.927. The van der Waals surface area contributed by atoms with E-state index in [2.05, 4.69) is 41.4 Å². The molecule has 1 aromatic rings. The van der Waals surface area contributed by atoms with Gasteiger partial charge in [0.25, 0.3) is 0 Å². The number of nitrogens with one attached hydrogen (secondary N) is 2. The second-order valence-electron chi connectivity index (χ2n) is 6.11. The number of thiophene rings is 1. The highest BCUT2D eigenvalue weighted by Gasteiger charge is 2.23. The van der Waals surface area contributed by atoms with Crippen molar-refractivity contribution in [3.05, 3.63) is 22.4 Å². The summed E-state index contributed by atoms with van der Waals surface area (Å²) in [4.78, 5) is 7.81. The van der Waals surface area contributed by atoms with Gasteiger partial charge in [-0.3, -0.25) is 0 Å². The highest BCUT2D eigenvalue weighted by atomic mass is 32.1. The zero-order valence-electron chi connectivity index (χ0n) is 15.1. The Bertz CT molecular complexity index is 459. The molecule has 2 unspecified atom stereocenters. The van der Waals surface area contributed by atoms with Crippen molar-refractivity contribution >= 4 is 17.3 Å². The Balaban J connectivity index is 2.53. The number of guanidine groups is 1. The number of aliphatic imine (C=N–C) groups is 1. The number of aliphatic hydroxyl groups is 1. The Kier molecular flexibility index (Phi) is 8.58. The van der Waals surface area contributed by atoms with Gasteiger partial charge in [-0.2, -0.15) is 0 Å². The van der Waals surface area contributed by atoms with Crippen LogP contribution in [-0.2, 0) is 5.60 Å². The van der Waals surface area contributed by atoms with E-state index in [0.29, 0.717) is 12.6 Å². The topological polar surface area (TPSA) is 59.9 Å². The van der Waals surface area contributed by atoms with Crippen molar-refractivity contribution in [1.82, 2.24) is 15.5 Å². The molecule has 0 radical (unpaired) electrons. The smallest absolute Gasteiger partial charge is 0.191 e. The van der Waals surface area contributed by atoms with Crippen LogP contribution >= 0.6 is 11.3 Å². The normalized spacial score (nSPS) is 16.2. The summed E-state index contributed by atoms with van der Waals surface area (Å²) in [7, 11) is 2.14. The van der Waals surface area contributed by atoms with Crippen molar-refractivity contribution in [1.29, 1.82) is 0 Å². The first-order valence-corrected chi connectivity index (χ1v) is 9.27. The molecule has 1 rings (SSSR count). The largest absolute Gasteiger partial charge is 0.383 e. The molecule has 1 aromatic heterocycles. The molecule has 132 valence electrons. The van der Waals surface area contributed by atoms with Crippen molar-refractivity contribution in [2.45, 2.75) is 45.8 Å². The second kappa shape index (κ2) is 9.90. The fourth-order valence-electron chi connectivity index (χ4n) is 2.12. The molecule has 0 aromatic carbocycles. The Morgan fingerprint density at radius 3 is 2.74 bits per heavy atom. The molecule has 0 saturated carbocycles. The quantitative estimate of drug-likeness (QED) is 0.477. The highest BCUT2D eigenvalue weighted by molar-refractivity contribution is 7.10. The van der Waals surface area contributed by atoms with E-state index in [4.69, 9.17) is 0 Å². The molecule has 5 nitrogen and oxygen atoms in total. The lowest BCUT2D eigenvalue weighted by atomic mass is 10.1. The van der Waals surface area contributed by atoms with Crippen LogP contribution in [0.3, 0.4) is 0 Å². The molecule has 23 heavy (non-hydrogen) atoms. The summed E-state index contributed by atoms with van der Waals surface area (Å²) in [6.45, 7) is 11.2. The molecule has 0 aliphatic rings. The maximum atomic E-state index is 10.5. The lowest BCUT2D eigenvalue weighted by Gasteiger charge is -2.24. The number of hydrogen-bond donors (Lipinski definition) is 3. The lowest BCUT2D eigenvalue weighted by Crippen LogP contribution is -2.43. The standard InChI is InChI=1S/C17H32N4OS/c1-6-14(3)21(5)11-10-19-16(18-7-2)20-13-17(4,22)15-9-8-12-23-15/h8-9,12,14,22H,6-7,10-11,13H2,1-5H3,(H2,18,19,20). The minimum atomic E-state index is -0.927. The molecule has 0 aliphatic carbocycles. The second-order valence-corrected chi connectivity index (χ2v) is 7.06. The first-order valence-electron chi connectivity index (χ1n) is 8.39. The van der Waals surface area contributed by atoms with E-state index < -0.39 is 5.60 Å². The first-order chi connectivity index (χ1) is 10.9. The summed E-state index contributed by atoms with van der Waals surface area (Å²) < 4.78 is 0. The maximum absolute atomic E-state index is 10.5. The molecule has 0 fully saturated rings. The zero-order chi connectivity index (χ0) is 17.3. The molecule has 3 N–H and O–H groups in total. The monoisotopic (exact) mass is 340 g/mol. The Labute approximate surface area is 144 Å². The molecule has 0 amide bonds. The Morgan fingerprint density at radius 1 is 1.43 bits per heavy atom. The predicted molar refractivity (Wildman–Crippen MR) is 100 cm³/mol. The van der Waals surface area contributed by atoms with Crippen LogP contribution in [0.1, 0.15) is 39.0 Å². The van der Waals surface area contributed by atoms with E-state index >= 15 is 0 Å². The van der Waals surface area contributed by atoms with Gasteiger partial charge in [-0.05, 0) is 45.7 Å². The summed E-state index contributed by atoms with van der Waals surface area (Å²) in [6.07, 6.45) is 1.15. The molecular formula is C17H32N4OS. The Morgan fingerprint density at radius 2 is 2.17 bits per heavy atom. The predicted octanol–water partition coefficient (Wildman–Crippen LogP) is 2.24. The van der Waals surface area contributed by atoms with Crippen LogP contribution in [0.15, 0.2) is 22.5 Å². The van der Waals surface area contributed by atoms with Crippen LogP contribution in [0.25, 0.3) is 0 Å². The third-order valence-electron chi connectivity index (χ3n) is 4.04. The van der Waals surface area contributed by atoms with Crippen molar-refractivity contribution in [2.75, 3.05) is 33.2 Å². The summed E-state index contributed by atoms with van der Waals surface area (Å²) >= 11 is 1.56. The molecule has 1 heterocycles. The van der Waals surface area contributed by atoms with Gasteiger partial charge < -0.3 is 20.6 Å².